The maximum absolute atomic E-state index is 11.4. The zero-order valence-corrected chi connectivity index (χ0v) is 12.1. The van der Waals surface area contributed by atoms with Crippen LogP contribution in [0.4, 0.5) is 0 Å². The largest absolute Gasteiger partial charge is 0.463 e. The molecule has 1 aliphatic rings. The Bertz CT molecular complexity index is 448. The van der Waals surface area contributed by atoms with Crippen molar-refractivity contribution in [2.45, 2.75) is 50.6 Å². The predicted octanol–water partition coefficient (Wildman–Crippen LogP) is 2.41. The number of aliphatic hydroxyl groups excluding tert-OH is 1. The van der Waals surface area contributed by atoms with E-state index in [1.807, 2.05) is 6.92 Å². The van der Waals surface area contributed by atoms with Gasteiger partial charge in [0.05, 0.1) is 19.8 Å². The quantitative estimate of drug-likeness (QED) is 0.811. The summed E-state index contributed by atoms with van der Waals surface area (Å²) in [5, 5.41) is 13.2. The van der Waals surface area contributed by atoms with Crippen molar-refractivity contribution in [1.82, 2.24) is 5.32 Å². The molecule has 2 N–H and O–H groups in total. The van der Waals surface area contributed by atoms with E-state index in [0.29, 0.717) is 5.76 Å². The number of hydrogen-bond donors (Lipinski definition) is 2. The highest BCUT2D eigenvalue weighted by Crippen LogP contribution is 2.30. The van der Waals surface area contributed by atoms with Crippen LogP contribution in [0.25, 0.3) is 0 Å². The molecule has 1 unspecified atom stereocenters. The van der Waals surface area contributed by atoms with E-state index < -0.39 is 5.97 Å². The maximum Gasteiger partial charge on any atom is 0.373 e. The van der Waals surface area contributed by atoms with Crippen LogP contribution >= 0.6 is 0 Å². The molecular weight excluding hydrogens is 258 g/mol. The first-order valence-electron chi connectivity index (χ1n) is 7.17. The van der Waals surface area contributed by atoms with Gasteiger partial charge in [0.1, 0.15) is 5.76 Å². The molecule has 1 aliphatic carbocycles. The van der Waals surface area contributed by atoms with Gasteiger partial charge in [0.15, 0.2) is 0 Å². The Hall–Kier alpha value is -1.33. The molecule has 2 rings (SSSR count). The van der Waals surface area contributed by atoms with Crippen molar-refractivity contribution in [3.05, 3.63) is 23.7 Å². The monoisotopic (exact) mass is 281 g/mol. The number of ether oxygens (including phenoxy) is 1. The van der Waals surface area contributed by atoms with E-state index in [-0.39, 0.29) is 23.9 Å². The first-order chi connectivity index (χ1) is 9.60. The van der Waals surface area contributed by atoms with Gasteiger partial charge in [-0.05, 0) is 31.9 Å². The van der Waals surface area contributed by atoms with Gasteiger partial charge in [-0.2, -0.15) is 0 Å². The van der Waals surface area contributed by atoms with E-state index in [1.54, 1.807) is 12.1 Å². The maximum atomic E-state index is 11.4. The average molecular weight is 281 g/mol. The highest BCUT2D eigenvalue weighted by molar-refractivity contribution is 5.86. The van der Waals surface area contributed by atoms with Crippen molar-refractivity contribution >= 4 is 5.97 Å². The van der Waals surface area contributed by atoms with Crippen molar-refractivity contribution in [2.75, 3.05) is 13.7 Å². The third-order valence-corrected chi connectivity index (χ3v) is 4.08. The standard InChI is InChI=1S/C15H23NO4/c1-11(12-6-7-13(20-12)14(18)19-2)16-15(10-17)8-4-3-5-9-15/h6-7,11,16-17H,3-5,8-10H2,1-2H3. The van der Waals surface area contributed by atoms with Gasteiger partial charge < -0.3 is 14.3 Å². The molecule has 0 saturated heterocycles. The van der Waals surface area contributed by atoms with Crippen LogP contribution in [0.5, 0.6) is 0 Å². The van der Waals surface area contributed by atoms with E-state index in [9.17, 15) is 9.90 Å². The zero-order valence-electron chi connectivity index (χ0n) is 12.1. The molecule has 1 fully saturated rings. The summed E-state index contributed by atoms with van der Waals surface area (Å²) in [5.41, 5.74) is -0.226. The molecule has 5 heteroatoms. The van der Waals surface area contributed by atoms with Gasteiger partial charge in [-0.15, -0.1) is 0 Å². The molecule has 0 amide bonds. The van der Waals surface area contributed by atoms with E-state index in [4.69, 9.17) is 4.42 Å². The van der Waals surface area contributed by atoms with Crippen LogP contribution in [0.15, 0.2) is 16.5 Å². The Morgan fingerprint density at radius 2 is 2.15 bits per heavy atom. The van der Waals surface area contributed by atoms with Crippen molar-refractivity contribution in [3.63, 3.8) is 0 Å². The fourth-order valence-electron chi connectivity index (χ4n) is 2.90. The molecule has 0 aliphatic heterocycles. The van der Waals surface area contributed by atoms with Gasteiger partial charge in [-0.1, -0.05) is 19.3 Å². The molecular formula is C15H23NO4. The summed E-state index contributed by atoms with van der Waals surface area (Å²) in [5.74, 6) is 0.416. The molecule has 0 radical (unpaired) electrons. The average Bonchev–Trinajstić information content (AvgIpc) is 2.97. The summed E-state index contributed by atoms with van der Waals surface area (Å²) in [6.07, 6.45) is 5.43. The number of esters is 1. The molecule has 0 spiro atoms. The summed E-state index contributed by atoms with van der Waals surface area (Å²) >= 11 is 0. The number of methoxy groups -OCH3 is 1. The molecule has 1 aromatic rings. The summed E-state index contributed by atoms with van der Waals surface area (Å²) < 4.78 is 10.1. The molecule has 5 nitrogen and oxygen atoms in total. The Kier molecular flexibility index (Phi) is 4.83. The van der Waals surface area contributed by atoms with Crippen molar-refractivity contribution < 1.29 is 19.1 Å². The van der Waals surface area contributed by atoms with Crippen LogP contribution in [0.2, 0.25) is 0 Å². The normalized spacial score (nSPS) is 19.6. The molecule has 0 bridgehead atoms. The lowest BCUT2D eigenvalue weighted by Crippen LogP contribution is -2.50. The van der Waals surface area contributed by atoms with Crippen LogP contribution in [-0.4, -0.2) is 30.3 Å². The first-order valence-corrected chi connectivity index (χ1v) is 7.17. The summed E-state index contributed by atoms with van der Waals surface area (Å²) in [6, 6.07) is 3.34. The highest BCUT2D eigenvalue weighted by Gasteiger charge is 2.33. The Morgan fingerprint density at radius 1 is 1.45 bits per heavy atom. The third-order valence-electron chi connectivity index (χ3n) is 4.08. The topological polar surface area (TPSA) is 71.7 Å². The summed E-state index contributed by atoms with van der Waals surface area (Å²) in [6.45, 7) is 2.10. The van der Waals surface area contributed by atoms with Gasteiger partial charge in [0.25, 0.3) is 0 Å². The molecule has 1 atom stereocenters. The first kappa shape index (κ1) is 15.1. The number of carbonyl (C=O) groups excluding carboxylic acids is 1. The van der Waals surface area contributed by atoms with Gasteiger partial charge in [0.2, 0.25) is 5.76 Å². The lowest BCUT2D eigenvalue weighted by Gasteiger charge is -2.38. The highest BCUT2D eigenvalue weighted by atomic mass is 16.5. The molecule has 0 aromatic carbocycles. The number of carbonyl (C=O) groups is 1. The lowest BCUT2D eigenvalue weighted by atomic mass is 9.81. The number of rotatable bonds is 5. The fourth-order valence-corrected chi connectivity index (χ4v) is 2.90. The molecule has 112 valence electrons. The molecule has 20 heavy (non-hydrogen) atoms. The van der Waals surface area contributed by atoms with Crippen LogP contribution in [0, 0.1) is 0 Å². The number of furan rings is 1. The van der Waals surface area contributed by atoms with Gasteiger partial charge in [-0.3, -0.25) is 5.32 Å². The van der Waals surface area contributed by atoms with Crippen LogP contribution in [0.1, 0.15) is 61.4 Å². The second kappa shape index (κ2) is 6.41. The second-order valence-electron chi connectivity index (χ2n) is 5.56. The summed E-state index contributed by atoms with van der Waals surface area (Å²) in [4.78, 5) is 11.4. The third kappa shape index (κ3) is 3.22. The van der Waals surface area contributed by atoms with Crippen LogP contribution < -0.4 is 5.32 Å². The Morgan fingerprint density at radius 3 is 2.75 bits per heavy atom. The lowest BCUT2D eigenvalue weighted by molar-refractivity contribution is 0.0560. The zero-order chi connectivity index (χ0) is 14.6. The Labute approximate surface area is 119 Å². The van der Waals surface area contributed by atoms with Crippen LogP contribution in [0.3, 0.4) is 0 Å². The Balaban J connectivity index is 2.05. The van der Waals surface area contributed by atoms with Crippen molar-refractivity contribution in [3.8, 4) is 0 Å². The van der Waals surface area contributed by atoms with Crippen LogP contribution in [-0.2, 0) is 4.74 Å². The van der Waals surface area contributed by atoms with E-state index in [2.05, 4.69) is 10.1 Å². The minimum absolute atomic E-state index is 0.0568. The number of aliphatic hydroxyl groups is 1. The van der Waals surface area contributed by atoms with E-state index >= 15 is 0 Å². The van der Waals surface area contributed by atoms with Crippen molar-refractivity contribution in [1.29, 1.82) is 0 Å². The van der Waals surface area contributed by atoms with Gasteiger partial charge in [0, 0.05) is 5.54 Å². The predicted molar refractivity (Wildman–Crippen MR) is 74.5 cm³/mol. The number of hydrogen-bond acceptors (Lipinski definition) is 5. The van der Waals surface area contributed by atoms with Gasteiger partial charge in [-0.25, -0.2) is 4.79 Å². The van der Waals surface area contributed by atoms with E-state index in [0.717, 1.165) is 25.7 Å². The second-order valence-corrected chi connectivity index (χ2v) is 5.56. The molecule has 1 aromatic heterocycles. The van der Waals surface area contributed by atoms with E-state index in [1.165, 1.54) is 13.5 Å². The summed E-state index contributed by atoms with van der Waals surface area (Å²) in [7, 11) is 1.33. The molecule has 1 saturated carbocycles. The fraction of sp³-hybridized carbons (Fsp3) is 0.667. The SMILES string of the molecule is COC(=O)c1ccc(C(C)NC2(CO)CCCCC2)o1. The minimum atomic E-state index is -0.474. The number of nitrogens with one attached hydrogen (secondary N) is 1. The smallest absolute Gasteiger partial charge is 0.373 e. The van der Waals surface area contributed by atoms with Crippen molar-refractivity contribution in [2.24, 2.45) is 0 Å². The molecule has 1 heterocycles. The minimum Gasteiger partial charge on any atom is -0.463 e. The van der Waals surface area contributed by atoms with Gasteiger partial charge >= 0.3 is 5.97 Å².